The van der Waals surface area contributed by atoms with E-state index in [-0.39, 0.29) is 10.0 Å². The Hall–Kier alpha value is -0.810. The Morgan fingerprint density at radius 3 is 1.39 bits per heavy atom. The quantitative estimate of drug-likeness (QED) is 0.734. The lowest BCUT2D eigenvalue weighted by molar-refractivity contribution is 0.481. The predicted octanol–water partition coefficient (Wildman–Crippen LogP) is 3.64. The van der Waals surface area contributed by atoms with E-state index in [2.05, 4.69) is 0 Å². The standard InChI is InChI=1S/C12H8Cl2O6S3/c13-9-3-1-7(5-11(9)22(15,16)17)21-8-2-4-10(14)12(6-8)23(18,19)20/h1-6H,(H,15,16,17)(H,18,19,20). The van der Waals surface area contributed by atoms with E-state index in [0.717, 1.165) is 23.9 Å². The summed E-state index contributed by atoms with van der Waals surface area (Å²) in [5, 5.41) is -0.293. The molecule has 2 aromatic carbocycles. The van der Waals surface area contributed by atoms with E-state index >= 15 is 0 Å². The van der Waals surface area contributed by atoms with E-state index in [9.17, 15) is 16.8 Å². The molecular weight excluding hydrogens is 407 g/mol. The van der Waals surface area contributed by atoms with Crippen LogP contribution >= 0.6 is 35.0 Å². The van der Waals surface area contributed by atoms with E-state index < -0.39 is 30.0 Å². The highest BCUT2D eigenvalue weighted by Crippen LogP contribution is 2.34. The first-order valence-corrected chi connectivity index (χ1v) is 10.2. The van der Waals surface area contributed by atoms with E-state index in [4.69, 9.17) is 32.3 Å². The van der Waals surface area contributed by atoms with Crippen molar-refractivity contribution in [3.8, 4) is 0 Å². The fraction of sp³-hybridized carbons (Fsp3) is 0. The summed E-state index contributed by atoms with van der Waals surface area (Å²) in [5.74, 6) is 0. The van der Waals surface area contributed by atoms with Crippen molar-refractivity contribution in [2.45, 2.75) is 19.6 Å². The van der Waals surface area contributed by atoms with Gasteiger partial charge in [0, 0.05) is 9.79 Å². The Kier molecular flexibility index (Phi) is 5.31. The molecule has 0 radical (unpaired) electrons. The Morgan fingerprint density at radius 2 is 1.09 bits per heavy atom. The van der Waals surface area contributed by atoms with E-state index in [0.29, 0.717) is 9.79 Å². The monoisotopic (exact) mass is 414 g/mol. The van der Waals surface area contributed by atoms with Gasteiger partial charge in [0.15, 0.2) is 0 Å². The highest BCUT2D eigenvalue weighted by Gasteiger charge is 2.17. The van der Waals surface area contributed by atoms with Crippen LogP contribution in [0, 0.1) is 0 Å². The normalized spacial score (nSPS) is 12.3. The van der Waals surface area contributed by atoms with Crippen LogP contribution in [0.4, 0.5) is 0 Å². The molecule has 0 aromatic heterocycles. The van der Waals surface area contributed by atoms with Crippen LogP contribution in [0.3, 0.4) is 0 Å². The van der Waals surface area contributed by atoms with Gasteiger partial charge in [-0.15, -0.1) is 0 Å². The van der Waals surface area contributed by atoms with Crippen LogP contribution < -0.4 is 0 Å². The van der Waals surface area contributed by atoms with E-state index in [1.165, 1.54) is 24.3 Å². The molecule has 0 saturated carbocycles. The Labute approximate surface area is 146 Å². The van der Waals surface area contributed by atoms with Gasteiger partial charge in [-0.3, -0.25) is 9.11 Å². The van der Waals surface area contributed by atoms with Crippen LogP contribution in [0.15, 0.2) is 56.0 Å². The fourth-order valence-corrected chi connectivity index (χ4v) is 4.67. The number of rotatable bonds is 4. The lowest BCUT2D eigenvalue weighted by Crippen LogP contribution is -2.00. The summed E-state index contributed by atoms with van der Waals surface area (Å²) in [6.45, 7) is 0. The molecule has 2 N–H and O–H groups in total. The zero-order valence-electron chi connectivity index (χ0n) is 11.0. The maximum Gasteiger partial charge on any atom is 0.296 e. The second kappa shape index (κ2) is 6.60. The van der Waals surface area contributed by atoms with Crippen molar-refractivity contribution < 1.29 is 25.9 Å². The van der Waals surface area contributed by atoms with Crippen molar-refractivity contribution in [3.05, 3.63) is 46.4 Å². The molecule has 124 valence electrons. The summed E-state index contributed by atoms with van der Waals surface area (Å²) in [5.41, 5.74) is 0. The SMILES string of the molecule is O=S(=O)(O)c1cc(Sc2ccc(Cl)c(S(=O)(=O)O)c2)ccc1Cl. The molecule has 0 saturated heterocycles. The lowest BCUT2D eigenvalue weighted by Gasteiger charge is -2.07. The molecule has 0 aliphatic rings. The van der Waals surface area contributed by atoms with Crippen LogP contribution in [0.1, 0.15) is 0 Å². The topological polar surface area (TPSA) is 109 Å². The summed E-state index contributed by atoms with van der Waals surface area (Å²) in [7, 11) is -8.98. The van der Waals surface area contributed by atoms with Crippen LogP contribution in [0.5, 0.6) is 0 Å². The molecule has 0 aliphatic carbocycles. The fourth-order valence-electron chi connectivity index (χ4n) is 1.63. The average Bonchev–Trinajstić information content (AvgIpc) is 2.40. The third kappa shape index (κ3) is 4.60. The Balaban J connectivity index is 2.45. The van der Waals surface area contributed by atoms with Gasteiger partial charge in [0.25, 0.3) is 20.2 Å². The Bertz CT molecular complexity index is 891. The second-order valence-electron chi connectivity index (χ2n) is 4.24. The molecule has 0 atom stereocenters. The van der Waals surface area contributed by atoms with Crippen molar-refractivity contribution in [3.63, 3.8) is 0 Å². The lowest BCUT2D eigenvalue weighted by atomic mass is 10.3. The molecule has 2 aromatic rings. The van der Waals surface area contributed by atoms with Crippen LogP contribution in [0.25, 0.3) is 0 Å². The molecular formula is C12H8Cl2O6S3. The van der Waals surface area contributed by atoms with Gasteiger partial charge >= 0.3 is 0 Å². The maximum atomic E-state index is 11.2. The molecule has 0 heterocycles. The highest BCUT2D eigenvalue weighted by atomic mass is 35.5. The third-order valence-corrected chi connectivity index (χ3v) is 6.25. The van der Waals surface area contributed by atoms with Gasteiger partial charge in [0.2, 0.25) is 0 Å². The molecule has 6 nitrogen and oxygen atoms in total. The molecule has 0 bridgehead atoms. The van der Waals surface area contributed by atoms with Crippen LogP contribution in [0.2, 0.25) is 10.0 Å². The summed E-state index contributed by atoms with van der Waals surface area (Å²) in [6.07, 6.45) is 0. The molecule has 0 spiro atoms. The number of halogens is 2. The number of hydrogen-bond donors (Lipinski definition) is 2. The molecule has 0 fully saturated rings. The van der Waals surface area contributed by atoms with Gasteiger partial charge < -0.3 is 0 Å². The number of benzene rings is 2. The van der Waals surface area contributed by atoms with Gasteiger partial charge in [-0.25, -0.2) is 0 Å². The van der Waals surface area contributed by atoms with Crippen LogP contribution in [-0.2, 0) is 20.2 Å². The highest BCUT2D eigenvalue weighted by molar-refractivity contribution is 7.99. The average molecular weight is 415 g/mol. The minimum Gasteiger partial charge on any atom is -0.282 e. The molecule has 11 heteroatoms. The zero-order chi connectivity index (χ0) is 17.4. The van der Waals surface area contributed by atoms with Gasteiger partial charge in [-0.05, 0) is 36.4 Å². The number of hydrogen-bond acceptors (Lipinski definition) is 5. The summed E-state index contributed by atoms with van der Waals surface area (Å²) in [4.78, 5) is -0.169. The van der Waals surface area contributed by atoms with Crippen molar-refractivity contribution in [1.82, 2.24) is 0 Å². The van der Waals surface area contributed by atoms with E-state index in [1.54, 1.807) is 0 Å². The summed E-state index contributed by atoms with van der Waals surface area (Å²) >= 11 is 12.4. The minimum absolute atomic E-state index is 0.147. The summed E-state index contributed by atoms with van der Waals surface area (Å²) in [6, 6.07) is 7.83. The van der Waals surface area contributed by atoms with Crippen LogP contribution in [-0.4, -0.2) is 25.9 Å². The maximum absolute atomic E-state index is 11.2. The van der Waals surface area contributed by atoms with Crippen molar-refractivity contribution in [2.24, 2.45) is 0 Å². The first-order chi connectivity index (χ1) is 10.5. The van der Waals surface area contributed by atoms with Gasteiger partial charge in [0.1, 0.15) is 9.79 Å². The van der Waals surface area contributed by atoms with Gasteiger partial charge in [-0.1, -0.05) is 35.0 Å². The molecule has 0 aliphatic heterocycles. The Morgan fingerprint density at radius 1 is 0.739 bits per heavy atom. The summed E-state index contributed by atoms with van der Waals surface area (Å²) < 4.78 is 63.1. The van der Waals surface area contributed by atoms with E-state index in [1.807, 2.05) is 0 Å². The zero-order valence-corrected chi connectivity index (χ0v) is 14.9. The predicted molar refractivity (Wildman–Crippen MR) is 86.7 cm³/mol. The van der Waals surface area contributed by atoms with Gasteiger partial charge in [0.05, 0.1) is 10.0 Å². The van der Waals surface area contributed by atoms with Gasteiger partial charge in [-0.2, -0.15) is 16.8 Å². The van der Waals surface area contributed by atoms with Crippen molar-refractivity contribution >= 4 is 55.2 Å². The minimum atomic E-state index is -4.49. The molecule has 2 rings (SSSR count). The first kappa shape index (κ1) is 18.5. The molecule has 23 heavy (non-hydrogen) atoms. The van der Waals surface area contributed by atoms with Crippen molar-refractivity contribution in [1.29, 1.82) is 0 Å². The molecule has 0 amide bonds. The largest absolute Gasteiger partial charge is 0.296 e. The first-order valence-electron chi connectivity index (χ1n) is 5.70. The second-order valence-corrected chi connectivity index (χ2v) is 8.98. The molecule has 0 unspecified atom stereocenters. The third-order valence-electron chi connectivity index (χ3n) is 2.60. The van der Waals surface area contributed by atoms with Crippen molar-refractivity contribution in [2.75, 3.05) is 0 Å². The smallest absolute Gasteiger partial charge is 0.282 e.